The second kappa shape index (κ2) is 6.58. The number of nitrogens with one attached hydrogen (secondary N) is 1. The van der Waals surface area contributed by atoms with E-state index in [1.165, 1.54) is 18.7 Å². The molecule has 0 spiro atoms. The van der Waals surface area contributed by atoms with E-state index in [4.69, 9.17) is 4.42 Å². The van der Waals surface area contributed by atoms with Crippen molar-refractivity contribution in [2.75, 3.05) is 19.6 Å². The first-order valence-corrected chi connectivity index (χ1v) is 7.61. The zero-order valence-corrected chi connectivity index (χ0v) is 12.8. The molecule has 1 N–H and O–H groups in total. The van der Waals surface area contributed by atoms with Crippen LogP contribution in [0.2, 0.25) is 0 Å². The van der Waals surface area contributed by atoms with E-state index in [1.807, 2.05) is 0 Å². The number of likely N-dealkylation sites (tertiary alicyclic amines) is 1. The summed E-state index contributed by atoms with van der Waals surface area (Å²) >= 11 is 0. The second-order valence-electron chi connectivity index (χ2n) is 6.14. The Morgan fingerprint density at radius 3 is 2.63 bits per heavy atom. The number of hydrogen-bond donors (Lipinski definition) is 1. The summed E-state index contributed by atoms with van der Waals surface area (Å²) in [6.45, 7) is 14.3. The highest BCUT2D eigenvalue weighted by Crippen LogP contribution is 2.25. The molecule has 2 rings (SSSR count). The van der Waals surface area contributed by atoms with E-state index in [-0.39, 0.29) is 0 Å². The lowest BCUT2D eigenvalue weighted by Gasteiger charge is -2.13. The third-order valence-electron chi connectivity index (χ3n) is 4.23. The van der Waals surface area contributed by atoms with Crippen molar-refractivity contribution in [3.63, 3.8) is 0 Å². The Morgan fingerprint density at radius 2 is 2.00 bits per heavy atom. The van der Waals surface area contributed by atoms with E-state index < -0.39 is 0 Å². The van der Waals surface area contributed by atoms with Gasteiger partial charge in [-0.1, -0.05) is 20.8 Å². The number of nitrogens with zero attached hydrogens (tertiary/aromatic N) is 1. The van der Waals surface area contributed by atoms with Crippen molar-refractivity contribution < 1.29 is 4.42 Å². The second-order valence-corrected chi connectivity index (χ2v) is 6.14. The maximum atomic E-state index is 5.99. The maximum absolute atomic E-state index is 5.99. The van der Waals surface area contributed by atoms with Gasteiger partial charge in [-0.15, -0.1) is 0 Å². The fourth-order valence-electron chi connectivity index (χ4n) is 2.82. The molecule has 2 atom stereocenters. The van der Waals surface area contributed by atoms with Crippen LogP contribution < -0.4 is 5.32 Å². The number of hydrogen-bond acceptors (Lipinski definition) is 3. The zero-order valence-electron chi connectivity index (χ0n) is 12.8. The van der Waals surface area contributed by atoms with Gasteiger partial charge in [-0.05, 0) is 43.4 Å². The van der Waals surface area contributed by atoms with E-state index >= 15 is 0 Å². The van der Waals surface area contributed by atoms with Gasteiger partial charge in [0.05, 0.1) is 13.1 Å². The summed E-state index contributed by atoms with van der Waals surface area (Å²) in [7, 11) is 0. The number of aryl methyl sites for hydroxylation is 1. The van der Waals surface area contributed by atoms with Gasteiger partial charge in [0.25, 0.3) is 0 Å². The molecule has 1 aliphatic rings. The van der Waals surface area contributed by atoms with Crippen molar-refractivity contribution >= 4 is 0 Å². The van der Waals surface area contributed by atoms with E-state index in [2.05, 4.69) is 44.0 Å². The van der Waals surface area contributed by atoms with Gasteiger partial charge < -0.3 is 9.73 Å². The Morgan fingerprint density at radius 1 is 1.32 bits per heavy atom. The highest BCUT2D eigenvalue weighted by Gasteiger charge is 2.26. The topological polar surface area (TPSA) is 28.4 Å². The average molecular weight is 264 g/mol. The first-order valence-electron chi connectivity index (χ1n) is 7.61. The largest absolute Gasteiger partial charge is 0.463 e. The van der Waals surface area contributed by atoms with Crippen LogP contribution in [0.15, 0.2) is 10.5 Å². The summed E-state index contributed by atoms with van der Waals surface area (Å²) < 4.78 is 5.99. The molecular weight excluding hydrogens is 236 g/mol. The standard InChI is InChI=1S/C16H28N2O/c1-5-6-17-8-16-12(2)7-15(19-16)11-18-9-13(3)14(4)10-18/h7,13-14,17H,5-6,8-11H2,1-4H3. The van der Waals surface area contributed by atoms with Crippen molar-refractivity contribution in [3.8, 4) is 0 Å². The summed E-state index contributed by atoms with van der Waals surface area (Å²) in [5.74, 6) is 3.83. The van der Waals surface area contributed by atoms with Crippen molar-refractivity contribution in [1.29, 1.82) is 0 Å². The Bertz CT molecular complexity index is 389. The van der Waals surface area contributed by atoms with Crippen molar-refractivity contribution in [1.82, 2.24) is 10.2 Å². The van der Waals surface area contributed by atoms with Crippen LogP contribution in [0.25, 0.3) is 0 Å². The molecule has 3 heteroatoms. The Kier molecular flexibility index (Phi) is 5.06. The minimum Gasteiger partial charge on any atom is -0.463 e. The first-order chi connectivity index (χ1) is 9.10. The van der Waals surface area contributed by atoms with Crippen LogP contribution in [0.3, 0.4) is 0 Å². The van der Waals surface area contributed by atoms with Gasteiger partial charge in [-0.2, -0.15) is 0 Å². The van der Waals surface area contributed by atoms with E-state index in [0.717, 1.165) is 49.4 Å². The summed E-state index contributed by atoms with van der Waals surface area (Å²) in [4.78, 5) is 2.51. The lowest BCUT2D eigenvalue weighted by molar-refractivity contribution is 0.280. The van der Waals surface area contributed by atoms with Gasteiger partial charge in [0.1, 0.15) is 11.5 Å². The third kappa shape index (κ3) is 3.83. The molecule has 1 aromatic heterocycles. The van der Waals surface area contributed by atoms with Crippen LogP contribution in [0.4, 0.5) is 0 Å². The van der Waals surface area contributed by atoms with Crippen LogP contribution in [-0.4, -0.2) is 24.5 Å². The molecule has 108 valence electrons. The molecule has 0 aromatic carbocycles. The molecule has 1 fully saturated rings. The van der Waals surface area contributed by atoms with Crippen LogP contribution in [0.1, 0.15) is 44.3 Å². The summed E-state index contributed by atoms with van der Waals surface area (Å²) in [5, 5.41) is 3.41. The van der Waals surface area contributed by atoms with E-state index in [0.29, 0.717) is 0 Å². The lowest BCUT2D eigenvalue weighted by Crippen LogP contribution is -2.19. The lowest BCUT2D eigenvalue weighted by atomic mass is 10.0. The Balaban J connectivity index is 1.89. The molecule has 2 unspecified atom stereocenters. The van der Waals surface area contributed by atoms with Crippen molar-refractivity contribution in [2.24, 2.45) is 11.8 Å². The molecule has 0 amide bonds. The predicted octanol–water partition coefficient (Wildman–Crippen LogP) is 3.18. The molecule has 1 aliphatic heterocycles. The zero-order chi connectivity index (χ0) is 13.8. The summed E-state index contributed by atoms with van der Waals surface area (Å²) in [6.07, 6.45) is 1.16. The van der Waals surface area contributed by atoms with Crippen molar-refractivity contribution in [3.05, 3.63) is 23.2 Å². The molecule has 1 saturated heterocycles. The minimum absolute atomic E-state index is 0.807. The smallest absolute Gasteiger partial charge is 0.120 e. The van der Waals surface area contributed by atoms with Crippen LogP contribution in [0.5, 0.6) is 0 Å². The van der Waals surface area contributed by atoms with Gasteiger partial charge in [-0.25, -0.2) is 0 Å². The monoisotopic (exact) mass is 264 g/mol. The first kappa shape index (κ1) is 14.6. The predicted molar refractivity (Wildman–Crippen MR) is 79.0 cm³/mol. The van der Waals surface area contributed by atoms with Crippen LogP contribution in [-0.2, 0) is 13.1 Å². The molecule has 0 aliphatic carbocycles. The fourth-order valence-corrected chi connectivity index (χ4v) is 2.82. The normalized spacial score (nSPS) is 24.2. The molecule has 2 heterocycles. The van der Waals surface area contributed by atoms with Gasteiger partial charge >= 0.3 is 0 Å². The third-order valence-corrected chi connectivity index (χ3v) is 4.23. The fraction of sp³-hybridized carbons (Fsp3) is 0.750. The molecular formula is C16H28N2O. The highest BCUT2D eigenvalue weighted by atomic mass is 16.3. The Hall–Kier alpha value is -0.800. The SMILES string of the molecule is CCCNCc1oc(CN2CC(C)C(C)C2)cc1C. The summed E-state index contributed by atoms with van der Waals surface area (Å²) in [6, 6.07) is 2.20. The van der Waals surface area contributed by atoms with Gasteiger partial charge in [0.15, 0.2) is 0 Å². The molecule has 0 bridgehead atoms. The molecule has 1 aromatic rings. The molecule has 3 nitrogen and oxygen atoms in total. The average Bonchev–Trinajstić information content (AvgIpc) is 2.84. The minimum atomic E-state index is 0.807. The molecule has 0 saturated carbocycles. The Labute approximate surface area is 117 Å². The number of furan rings is 1. The quantitative estimate of drug-likeness (QED) is 0.800. The van der Waals surface area contributed by atoms with Crippen LogP contribution >= 0.6 is 0 Å². The summed E-state index contributed by atoms with van der Waals surface area (Å²) in [5.41, 5.74) is 1.28. The van der Waals surface area contributed by atoms with Crippen molar-refractivity contribution in [2.45, 2.75) is 47.2 Å². The van der Waals surface area contributed by atoms with E-state index in [1.54, 1.807) is 0 Å². The highest BCUT2D eigenvalue weighted by molar-refractivity contribution is 5.20. The van der Waals surface area contributed by atoms with Gasteiger partial charge in [0.2, 0.25) is 0 Å². The van der Waals surface area contributed by atoms with E-state index in [9.17, 15) is 0 Å². The maximum Gasteiger partial charge on any atom is 0.120 e. The molecule has 0 radical (unpaired) electrons. The number of rotatable bonds is 6. The van der Waals surface area contributed by atoms with Crippen LogP contribution in [0, 0.1) is 18.8 Å². The van der Waals surface area contributed by atoms with Gasteiger partial charge in [0, 0.05) is 13.1 Å². The van der Waals surface area contributed by atoms with Gasteiger partial charge in [-0.3, -0.25) is 4.90 Å². The molecule has 19 heavy (non-hydrogen) atoms.